The number of nitrogens with one attached hydrogen (secondary N) is 1. The Bertz CT molecular complexity index is 129. The van der Waals surface area contributed by atoms with Gasteiger partial charge in [-0.15, -0.1) is 0 Å². The molecule has 0 aliphatic heterocycles. The highest BCUT2D eigenvalue weighted by molar-refractivity contribution is 5.66. The first-order valence-corrected chi connectivity index (χ1v) is 4.07. The second-order valence-corrected chi connectivity index (χ2v) is 2.17. The molecule has 5 heteroatoms. The number of amides is 1. The van der Waals surface area contributed by atoms with Crippen molar-refractivity contribution in [3.63, 3.8) is 0 Å². The van der Waals surface area contributed by atoms with Gasteiger partial charge in [-0.25, -0.2) is 4.79 Å². The lowest BCUT2D eigenvalue weighted by Gasteiger charge is -2.05. The molecule has 1 radical (unpaired) electrons. The zero-order valence-corrected chi connectivity index (χ0v) is 7.88. The molecule has 1 N–H and O–H groups in total. The van der Waals surface area contributed by atoms with Gasteiger partial charge in [0, 0.05) is 20.3 Å². The molecule has 0 fully saturated rings. The zero-order chi connectivity index (χ0) is 9.94. The number of ether oxygens (including phenoxy) is 3. The van der Waals surface area contributed by atoms with Crippen molar-refractivity contribution in [3.8, 4) is 0 Å². The van der Waals surface area contributed by atoms with Crippen molar-refractivity contribution in [2.24, 2.45) is 0 Å². The second-order valence-electron chi connectivity index (χ2n) is 2.17. The molecule has 0 aliphatic rings. The fourth-order valence-corrected chi connectivity index (χ4v) is 0.602. The highest BCUT2D eigenvalue weighted by atomic mass is 16.6. The molecule has 0 atom stereocenters. The first-order chi connectivity index (χ1) is 6.31. The van der Waals surface area contributed by atoms with Crippen LogP contribution in [-0.4, -0.2) is 46.2 Å². The van der Waals surface area contributed by atoms with Gasteiger partial charge in [-0.3, -0.25) is 0 Å². The average Bonchev–Trinajstić information content (AvgIpc) is 2.13. The van der Waals surface area contributed by atoms with Crippen molar-refractivity contribution in [2.45, 2.75) is 0 Å². The molecule has 0 bridgehead atoms. The molecule has 13 heavy (non-hydrogen) atoms. The molecule has 0 aromatic heterocycles. The van der Waals surface area contributed by atoms with E-state index < -0.39 is 6.09 Å². The van der Waals surface area contributed by atoms with Gasteiger partial charge in [0.2, 0.25) is 0 Å². The van der Waals surface area contributed by atoms with Crippen LogP contribution in [-0.2, 0) is 14.2 Å². The van der Waals surface area contributed by atoms with Crippen LogP contribution in [0.5, 0.6) is 0 Å². The molecule has 0 spiro atoms. The first kappa shape index (κ1) is 12.2. The van der Waals surface area contributed by atoms with Gasteiger partial charge in [-0.05, 0) is 6.92 Å². The molecule has 0 aromatic carbocycles. The van der Waals surface area contributed by atoms with Crippen molar-refractivity contribution >= 4 is 6.09 Å². The number of hydrogen-bond acceptors (Lipinski definition) is 4. The largest absolute Gasteiger partial charge is 0.447 e. The van der Waals surface area contributed by atoms with Crippen LogP contribution in [0, 0.1) is 6.92 Å². The molecule has 0 saturated heterocycles. The molecule has 5 nitrogen and oxygen atoms in total. The Kier molecular flexibility index (Phi) is 8.70. The predicted octanol–water partition coefficient (Wildman–Crippen LogP) is 0.210. The maximum Gasteiger partial charge on any atom is 0.407 e. The third-order valence-corrected chi connectivity index (χ3v) is 1.18. The fourth-order valence-electron chi connectivity index (χ4n) is 0.602. The van der Waals surface area contributed by atoms with E-state index in [2.05, 4.69) is 12.2 Å². The summed E-state index contributed by atoms with van der Waals surface area (Å²) in [5.74, 6) is 0. The maximum atomic E-state index is 10.8. The van der Waals surface area contributed by atoms with Crippen LogP contribution in [0.4, 0.5) is 4.79 Å². The minimum atomic E-state index is -0.454. The number of carbonyl (C=O) groups is 1. The number of methoxy groups -OCH3 is 1. The van der Waals surface area contributed by atoms with E-state index in [1.807, 2.05) is 0 Å². The molecule has 0 aliphatic carbocycles. The lowest BCUT2D eigenvalue weighted by atomic mass is 10.7. The topological polar surface area (TPSA) is 56.8 Å². The van der Waals surface area contributed by atoms with Gasteiger partial charge in [0.1, 0.15) is 6.61 Å². The molecule has 0 rings (SSSR count). The lowest BCUT2D eigenvalue weighted by molar-refractivity contribution is 0.0832. The molecule has 0 heterocycles. The molecule has 0 unspecified atom stereocenters. The Balaban J connectivity index is 3.11. The summed E-state index contributed by atoms with van der Waals surface area (Å²) in [4.78, 5) is 10.8. The maximum absolute atomic E-state index is 10.8. The summed E-state index contributed by atoms with van der Waals surface area (Å²) in [5.41, 5.74) is 0. The number of carbonyl (C=O) groups excluding carboxylic acids is 1. The quantitative estimate of drug-likeness (QED) is 0.583. The standard InChI is InChI=1S/C8H16NO4/c1-3-12-6-7-13-8(10)9-4-5-11-2/h1,3-7H2,2H3,(H,9,10). The molecule has 77 valence electrons. The smallest absolute Gasteiger partial charge is 0.407 e. The summed E-state index contributed by atoms with van der Waals surface area (Å²) >= 11 is 0. The molecule has 0 aromatic rings. The van der Waals surface area contributed by atoms with Crippen LogP contribution in [0.2, 0.25) is 0 Å². The van der Waals surface area contributed by atoms with Gasteiger partial charge >= 0.3 is 6.09 Å². The number of alkyl carbamates (subject to hydrolysis) is 1. The van der Waals surface area contributed by atoms with Gasteiger partial charge < -0.3 is 19.5 Å². The minimum absolute atomic E-state index is 0.244. The average molecular weight is 190 g/mol. The monoisotopic (exact) mass is 190 g/mol. The summed E-state index contributed by atoms with van der Waals surface area (Å²) < 4.78 is 14.3. The predicted molar refractivity (Wildman–Crippen MR) is 47.4 cm³/mol. The van der Waals surface area contributed by atoms with Crippen LogP contribution in [0.25, 0.3) is 0 Å². The van der Waals surface area contributed by atoms with E-state index in [4.69, 9.17) is 14.2 Å². The third kappa shape index (κ3) is 9.10. The summed E-state index contributed by atoms with van der Waals surface area (Å²) in [5, 5.41) is 2.50. The summed E-state index contributed by atoms with van der Waals surface area (Å²) in [7, 11) is 1.56. The number of hydrogen-bond donors (Lipinski definition) is 1. The van der Waals surface area contributed by atoms with E-state index in [1.165, 1.54) is 0 Å². The van der Waals surface area contributed by atoms with Crippen molar-refractivity contribution in [1.82, 2.24) is 5.32 Å². The van der Waals surface area contributed by atoms with Crippen molar-refractivity contribution in [1.29, 1.82) is 0 Å². The van der Waals surface area contributed by atoms with Crippen LogP contribution >= 0.6 is 0 Å². The third-order valence-electron chi connectivity index (χ3n) is 1.18. The Hall–Kier alpha value is -0.810. The number of rotatable bonds is 7. The van der Waals surface area contributed by atoms with E-state index in [0.29, 0.717) is 26.4 Å². The van der Waals surface area contributed by atoms with Gasteiger partial charge in [0.25, 0.3) is 0 Å². The molecular weight excluding hydrogens is 174 g/mol. The van der Waals surface area contributed by atoms with Crippen LogP contribution in [0.1, 0.15) is 0 Å². The Morgan fingerprint density at radius 2 is 2.15 bits per heavy atom. The normalized spacial score (nSPS) is 9.69. The van der Waals surface area contributed by atoms with E-state index in [0.717, 1.165) is 0 Å². The lowest BCUT2D eigenvalue weighted by Crippen LogP contribution is -2.28. The fraction of sp³-hybridized carbons (Fsp3) is 0.750. The molecule has 0 saturated carbocycles. The van der Waals surface area contributed by atoms with Crippen molar-refractivity contribution in [2.75, 3.05) is 40.1 Å². The van der Waals surface area contributed by atoms with Gasteiger partial charge in [-0.1, -0.05) is 0 Å². The SMILES string of the molecule is [CH2]COCCOC(=O)NCCOC. The Morgan fingerprint density at radius 3 is 2.77 bits per heavy atom. The highest BCUT2D eigenvalue weighted by Crippen LogP contribution is 1.79. The van der Waals surface area contributed by atoms with E-state index in [1.54, 1.807) is 7.11 Å². The summed E-state index contributed by atoms with van der Waals surface area (Å²) in [6.45, 7) is 5.40. The van der Waals surface area contributed by atoms with E-state index in [9.17, 15) is 4.79 Å². The van der Waals surface area contributed by atoms with Gasteiger partial charge in [0.15, 0.2) is 0 Å². The summed E-state index contributed by atoms with van der Waals surface area (Å²) in [6, 6.07) is 0. The van der Waals surface area contributed by atoms with Crippen molar-refractivity contribution < 1.29 is 19.0 Å². The Morgan fingerprint density at radius 1 is 1.38 bits per heavy atom. The van der Waals surface area contributed by atoms with Crippen LogP contribution in [0.3, 0.4) is 0 Å². The Labute approximate surface area is 78.3 Å². The zero-order valence-electron chi connectivity index (χ0n) is 7.88. The van der Waals surface area contributed by atoms with E-state index >= 15 is 0 Å². The van der Waals surface area contributed by atoms with Crippen molar-refractivity contribution in [3.05, 3.63) is 6.92 Å². The highest BCUT2D eigenvalue weighted by Gasteiger charge is 1.99. The first-order valence-electron chi connectivity index (χ1n) is 4.07. The van der Waals surface area contributed by atoms with Gasteiger partial charge in [0.05, 0.1) is 13.2 Å². The summed E-state index contributed by atoms with van der Waals surface area (Å²) in [6.07, 6.45) is -0.454. The minimum Gasteiger partial charge on any atom is -0.447 e. The van der Waals surface area contributed by atoms with Gasteiger partial charge in [-0.2, -0.15) is 0 Å². The van der Waals surface area contributed by atoms with Crippen LogP contribution < -0.4 is 5.32 Å². The van der Waals surface area contributed by atoms with Crippen LogP contribution in [0.15, 0.2) is 0 Å². The molecular formula is C8H16NO4. The molecule has 1 amide bonds. The second kappa shape index (κ2) is 9.28. The van der Waals surface area contributed by atoms with E-state index in [-0.39, 0.29) is 6.61 Å².